The number of hydrogen-bond acceptors (Lipinski definition) is 0. The Morgan fingerprint density at radius 2 is 1.38 bits per heavy atom. The molecule has 0 atom stereocenters. The Morgan fingerprint density at radius 1 is 0.824 bits per heavy atom. The molecule has 0 saturated carbocycles. The van der Waals surface area contributed by atoms with E-state index in [9.17, 15) is 0 Å². The highest BCUT2D eigenvalue weighted by atomic mass is 14.4. The van der Waals surface area contributed by atoms with Gasteiger partial charge in [-0.05, 0) is 86.4 Å². The first-order valence-corrected chi connectivity index (χ1v) is 12.5. The lowest BCUT2D eigenvalue weighted by atomic mass is 9.73. The summed E-state index contributed by atoms with van der Waals surface area (Å²) in [6.45, 7) is 16.0. The van der Waals surface area contributed by atoms with Crippen LogP contribution in [-0.4, -0.2) is 0 Å². The molecule has 1 aliphatic rings. The molecular formula is C34H34. The maximum atomic E-state index is 4.36. The molecule has 4 aromatic carbocycles. The summed E-state index contributed by atoms with van der Waals surface area (Å²) in [6, 6.07) is 26.6. The van der Waals surface area contributed by atoms with E-state index in [1.807, 2.05) is 0 Å². The van der Waals surface area contributed by atoms with Gasteiger partial charge in [-0.15, -0.1) is 0 Å². The molecule has 0 aromatic heterocycles. The van der Waals surface area contributed by atoms with Gasteiger partial charge in [-0.1, -0.05) is 113 Å². The van der Waals surface area contributed by atoms with Crippen LogP contribution in [0.2, 0.25) is 0 Å². The van der Waals surface area contributed by atoms with Crippen molar-refractivity contribution in [1.82, 2.24) is 0 Å². The maximum absolute atomic E-state index is 4.36. The SMILES string of the molecule is C=CC1=C(/C(CCC)=C(\C)c2ccccc2C)C(C)(C)c2c1c1ccccc1c1ccccc21. The van der Waals surface area contributed by atoms with Gasteiger partial charge in [0.2, 0.25) is 0 Å². The largest absolute Gasteiger partial charge is 0.0984 e. The van der Waals surface area contributed by atoms with E-state index in [0.717, 1.165) is 12.8 Å². The topological polar surface area (TPSA) is 0 Å². The van der Waals surface area contributed by atoms with Crippen LogP contribution in [0.1, 0.15) is 62.8 Å². The molecule has 170 valence electrons. The maximum Gasteiger partial charge on any atom is 0.0168 e. The lowest BCUT2D eigenvalue weighted by Crippen LogP contribution is -2.20. The van der Waals surface area contributed by atoms with Crippen molar-refractivity contribution in [2.75, 3.05) is 0 Å². The molecule has 0 fully saturated rings. The number of rotatable bonds is 5. The van der Waals surface area contributed by atoms with Crippen molar-refractivity contribution in [2.45, 2.75) is 52.9 Å². The van der Waals surface area contributed by atoms with Crippen molar-refractivity contribution < 1.29 is 0 Å². The summed E-state index contributed by atoms with van der Waals surface area (Å²) in [5.41, 5.74) is 11.0. The predicted octanol–water partition coefficient (Wildman–Crippen LogP) is 9.81. The van der Waals surface area contributed by atoms with Crippen LogP contribution in [0.4, 0.5) is 0 Å². The summed E-state index contributed by atoms with van der Waals surface area (Å²) < 4.78 is 0. The molecule has 0 amide bonds. The zero-order valence-corrected chi connectivity index (χ0v) is 21.1. The lowest BCUT2D eigenvalue weighted by Gasteiger charge is -2.30. The van der Waals surface area contributed by atoms with E-state index in [1.54, 1.807) is 0 Å². The van der Waals surface area contributed by atoms with Gasteiger partial charge in [0.05, 0.1) is 0 Å². The fraction of sp³-hybridized carbons (Fsp3) is 0.235. The van der Waals surface area contributed by atoms with E-state index in [2.05, 4.69) is 120 Å². The van der Waals surface area contributed by atoms with Gasteiger partial charge in [-0.2, -0.15) is 0 Å². The zero-order chi connectivity index (χ0) is 24.0. The van der Waals surface area contributed by atoms with Crippen LogP contribution >= 0.6 is 0 Å². The van der Waals surface area contributed by atoms with Crippen LogP contribution in [-0.2, 0) is 5.41 Å². The van der Waals surface area contributed by atoms with Gasteiger partial charge < -0.3 is 0 Å². The summed E-state index contributed by atoms with van der Waals surface area (Å²) in [5, 5.41) is 5.36. The Morgan fingerprint density at radius 3 is 2.00 bits per heavy atom. The van der Waals surface area contributed by atoms with Gasteiger partial charge in [0, 0.05) is 5.41 Å². The second-order valence-electron chi connectivity index (χ2n) is 10.1. The van der Waals surface area contributed by atoms with Crippen molar-refractivity contribution in [3.05, 3.63) is 119 Å². The monoisotopic (exact) mass is 442 g/mol. The van der Waals surface area contributed by atoms with Gasteiger partial charge >= 0.3 is 0 Å². The highest BCUT2D eigenvalue weighted by Crippen LogP contribution is 2.56. The van der Waals surface area contributed by atoms with E-state index >= 15 is 0 Å². The van der Waals surface area contributed by atoms with Gasteiger partial charge in [0.1, 0.15) is 0 Å². The number of hydrogen-bond donors (Lipinski definition) is 0. The van der Waals surface area contributed by atoms with Gasteiger partial charge in [0.25, 0.3) is 0 Å². The Labute approximate surface area is 204 Å². The highest BCUT2D eigenvalue weighted by molar-refractivity contribution is 6.17. The van der Waals surface area contributed by atoms with E-state index in [1.165, 1.54) is 66.1 Å². The molecule has 0 aliphatic heterocycles. The fourth-order valence-electron chi connectivity index (χ4n) is 6.31. The van der Waals surface area contributed by atoms with Crippen molar-refractivity contribution in [2.24, 2.45) is 0 Å². The molecular weight excluding hydrogens is 408 g/mol. The molecule has 0 nitrogen and oxygen atoms in total. The van der Waals surface area contributed by atoms with Crippen LogP contribution in [0.5, 0.6) is 0 Å². The first kappa shape index (κ1) is 22.4. The molecule has 4 aromatic rings. The normalized spacial score (nSPS) is 15.6. The summed E-state index contributed by atoms with van der Waals surface area (Å²) in [7, 11) is 0. The van der Waals surface area contributed by atoms with Crippen LogP contribution < -0.4 is 0 Å². The first-order chi connectivity index (χ1) is 16.4. The third-order valence-electron chi connectivity index (χ3n) is 7.73. The predicted molar refractivity (Wildman–Crippen MR) is 150 cm³/mol. The smallest absolute Gasteiger partial charge is 0.0168 e. The minimum Gasteiger partial charge on any atom is -0.0984 e. The molecule has 1 aliphatic carbocycles. The highest BCUT2D eigenvalue weighted by Gasteiger charge is 2.41. The summed E-state index contributed by atoms with van der Waals surface area (Å²) in [5.74, 6) is 0. The molecule has 0 N–H and O–H groups in total. The molecule has 5 rings (SSSR count). The minimum absolute atomic E-state index is 0.128. The van der Waals surface area contributed by atoms with Gasteiger partial charge in [0.15, 0.2) is 0 Å². The molecule has 0 radical (unpaired) electrons. The van der Waals surface area contributed by atoms with Crippen LogP contribution in [0.25, 0.3) is 32.7 Å². The average molecular weight is 443 g/mol. The summed E-state index contributed by atoms with van der Waals surface area (Å²) in [6.07, 6.45) is 4.28. The molecule has 0 spiro atoms. The van der Waals surface area contributed by atoms with Crippen LogP contribution in [0, 0.1) is 6.92 Å². The van der Waals surface area contributed by atoms with Gasteiger partial charge in [-0.25, -0.2) is 0 Å². The molecule has 0 heteroatoms. The molecule has 34 heavy (non-hydrogen) atoms. The van der Waals surface area contributed by atoms with Crippen molar-refractivity contribution in [1.29, 1.82) is 0 Å². The quantitative estimate of drug-likeness (QED) is 0.270. The Kier molecular flexibility index (Phi) is 5.56. The van der Waals surface area contributed by atoms with Crippen molar-refractivity contribution in [3.8, 4) is 0 Å². The second-order valence-corrected chi connectivity index (χ2v) is 10.1. The van der Waals surface area contributed by atoms with Crippen LogP contribution in [0.3, 0.4) is 0 Å². The second kappa shape index (κ2) is 8.44. The van der Waals surface area contributed by atoms with E-state index in [4.69, 9.17) is 0 Å². The minimum atomic E-state index is -0.128. The van der Waals surface area contributed by atoms with E-state index in [0.29, 0.717) is 0 Å². The number of allylic oxidation sites excluding steroid dienone is 5. The summed E-state index contributed by atoms with van der Waals surface area (Å²) in [4.78, 5) is 0. The van der Waals surface area contributed by atoms with Gasteiger partial charge in [-0.3, -0.25) is 0 Å². The lowest BCUT2D eigenvalue weighted by molar-refractivity contribution is 0.643. The molecule has 0 unspecified atom stereocenters. The molecule has 0 saturated heterocycles. The number of aryl methyl sites for hydroxylation is 1. The number of benzene rings is 4. The Balaban J connectivity index is 1.93. The van der Waals surface area contributed by atoms with Crippen LogP contribution in [0.15, 0.2) is 96.6 Å². The average Bonchev–Trinajstić information content (AvgIpc) is 3.09. The molecule has 0 heterocycles. The van der Waals surface area contributed by atoms with Crippen molar-refractivity contribution >= 4 is 32.7 Å². The number of fused-ring (bicyclic) bond motifs is 6. The van der Waals surface area contributed by atoms with Crippen molar-refractivity contribution in [3.63, 3.8) is 0 Å². The standard InChI is InChI=1S/C34H34/c1-7-15-26(23(4)25-17-10-9-16-22(25)3)32-24(8-2)31-29-20-13-11-18-27(29)28-19-12-14-21-30(28)33(31)34(32,5)6/h8-14,16-21H,2,7,15H2,1,3-6H3/b26-23+. The third-order valence-corrected chi connectivity index (χ3v) is 7.73. The Hall–Kier alpha value is -3.38. The zero-order valence-electron chi connectivity index (χ0n) is 21.1. The summed E-state index contributed by atoms with van der Waals surface area (Å²) >= 11 is 0. The first-order valence-electron chi connectivity index (χ1n) is 12.5. The third kappa shape index (κ3) is 3.20. The van der Waals surface area contributed by atoms with E-state index in [-0.39, 0.29) is 5.41 Å². The van der Waals surface area contributed by atoms with E-state index < -0.39 is 0 Å². The molecule has 0 bridgehead atoms. The fourth-order valence-corrected chi connectivity index (χ4v) is 6.31. The Bertz CT molecular complexity index is 1500.